The smallest absolute Gasteiger partial charge is 0.254 e. The highest BCUT2D eigenvalue weighted by Gasteiger charge is 2.49. The lowest BCUT2D eigenvalue weighted by Crippen LogP contribution is -2.61. The maximum Gasteiger partial charge on any atom is 0.254 e. The average molecular weight is 885 g/mol. The van der Waals surface area contributed by atoms with Gasteiger partial charge in [-0.05, 0) is 167 Å². The molecule has 0 fully saturated rings. The minimum Gasteiger partial charge on any atom is -0.311 e. The van der Waals surface area contributed by atoms with Gasteiger partial charge >= 0.3 is 0 Å². The van der Waals surface area contributed by atoms with E-state index in [0.717, 1.165) is 0 Å². The molecule has 0 atom stereocenters. The Kier molecular flexibility index (Phi) is 9.39. The predicted octanol–water partition coefficient (Wildman–Crippen LogP) is 15.9. The number of hydrogen-bond donors (Lipinski definition) is 0. The number of rotatable bonds is 3. The van der Waals surface area contributed by atoms with Crippen LogP contribution >= 0.6 is 11.3 Å². The summed E-state index contributed by atoms with van der Waals surface area (Å²) in [5.41, 5.74) is 22.2. The van der Waals surface area contributed by atoms with Crippen LogP contribution < -0.4 is 26.2 Å². The highest BCUT2D eigenvalue weighted by molar-refractivity contribution is 7.26. The van der Waals surface area contributed by atoms with Gasteiger partial charge in [-0.2, -0.15) is 0 Å². The largest absolute Gasteiger partial charge is 0.311 e. The molecule has 7 aromatic rings. The van der Waals surface area contributed by atoms with Crippen LogP contribution in [0.15, 0.2) is 115 Å². The van der Waals surface area contributed by atoms with E-state index in [1.54, 1.807) is 0 Å². The van der Waals surface area contributed by atoms with Crippen LogP contribution in [0.4, 0.5) is 33.4 Å². The quantitative estimate of drug-likeness (QED) is 0.163. The highest BCUT2D eigenvalue weighted by atomic mass is 32.1. The highest BCUT2D eigenvalue weighted by Crippen LogP contribution is 2.55. The third-order valence-electron chi connectivity index (χ3n) is 16.7. The molecule has 66 heavy (non-hydrogen) atoms. The summed E-state index contributed by atoms with van der Waals surface area (Å²) in [6.45, 7) is 34.1. The molecule has 4 aliphatic rings. The second-order valence-corrected chi connectivity index (χ2v) is 26.2. The van der Waals surface area contributed by atoms with Gasteiger partial charge in [-0.3, -0.25) is 0 Å². The van der Waals surface area contributed by atoms with Crippen LogP contribution in [-0.2, 0) is 32.5 Å². The molecule has 3 heterocycles. The molecule has 0 saturated carbocycles. The Balaban J connectivity index is 1.30. The molecule has 0 bridgehead atoms. The van der Waals surface area contributed by atoms with Gasteiger partial charge in [0.2, 0.25) is 0 Å². The zero-order valence-electron chi connectivity index (χ0n) is 42.2. The van der Waals surface area contributed by atoms with Gasteiger partial charge in [-0.1, -0.05) is 164 Å². The normalized spacial score (nSPS) is 18.6. The third-order valence-corrected chi connectivity index (χ3v) is 17.9. The molecule has 1 aromatic heterocycles. The molecule has 0 saturated heterocycles. The summed E-state index contributed by atoms with van der Waals surface area (Å²) in [7, 11) is 0. The van der Waals surface area contributed by atoms with Crippen LogP contribution in [0.5, 0.6) is 0 Å². The van der Waals surface area contributed by atoms with E-state index >= 15 is 0 Å². The summed E-state index contributed by atoms with van der Waals surface area (Å²) >= 11 is 1.97. The molecule has 336 valence electrons. The first-order valence-electron chi connectivity index (χ1n) is 24.8. The lowest BCUT2D eigenvalue weighted by molar-refractivity contribution is 0.332. The molecule has 0 radical (unpaired) electrons. The molecule has 0 N–H and O–H groups in total. The van der Waals surface area contributed by atoms with Gasteiger partial charge in [-0.25, -0.2) is 0 Å². The lowest BCUT2D eigenvalue weighted by Gasteiger charge is -2.48. The fourth-order valence-electron chi connectivity index (χ4n) is 12.2. The van der Waals surface area contributed by atoms with E-state index in [1.165, 1.54) is 130 Å². The standard InChI is InChI=1S/C62H69BN2S/c1-57(2,3)39-24-27-49(43(32-39)38-20-16-15-17-21-38)65-52-34-40(58(4,5)6)33-51-55(52)63(54-42-22-18-19-23-53(42)66-56(54)65)48-36-46-47(62(13,14)31-30-61(46,11)12)37-50(48)64(51)41-25-26-44-45(35-41)60(9,10)29-28-59(44,7)8/h15-27,32-37H,28-31H2,1-14H3. The minimum atomic E-state index is -0.110. The Bertz CT molecular complexity index is 3130. The molecule has 11 rings (SSSR count). The second kappa shape index (κ2) is 14.2. The summed E-state index contributed by atoms with van der Waals surface area (Å²) in [6.07, 6.45) is 4.74. The van der Waals surface area contributed by atoms with Gasteiger partial charge in [0.1, 0.15) is 0 Å². The first-order chi connectivity index (χ1) is 31.0. The first-order valence-corrected chi connectivity index (χ1v) is 25.6. The molecule has 4 heteroatoms. The van der Waals surface area contributed by atoms with Crippen LogP contribution in [-0.4, -0.2) is 6.71 Å². The molecular weight excluding hydrogens is 816 g/mol. The predicted molar refractivity (Wildman–Crippen MR) is 289 cm³/mol. The Labute approximate surface area is 400 Å². The van der Waals surface area contributed by atoms with Gasteiger partial charge < -0.3 is 9.80 Å². The fraction of sp³-hybridized carbons (Fsp3) is 0.387. The summed E-state index contributed by atoms with van der Waals surface area (Å²) in [4.78, 5) is 5.43. The van der Waals surface area contributed by atoms with E-state index in [-0.39, 0.29) is 39.2 Å². The zero-order chi connectivity index (χ0) is 46.7. The van der Waals surface area contributed by atoms with Crippen molar-refractivity contribution in [3.63, 3.8) is 0 Å². The van der Waals surface area contributed by atoms with Crippen molar-refractivity contribution in [2.45, 2.75) is 155 Å². The average Bonchev–Trinajstić information content (AvgIpc) is 3.65. The Morgan fingerprint density at radius 2 is 1.03 bits per heavy atom. The molecular formula is C62H69BN2S. The summed E-state index contributed by atoms with van der Waals surface area (Å²) in [6, 6.07) is 45.8. The number of fused-ring (bicyclic) bond motifs is 8. The van der Waals surface area contributed by atoms with Gasteiger partial charge in [-0.15, -0.1) is 11.3 Å². The Morgan fingerprint density at radius 3 is 1.67 bits per heavy atom. The molecule has 0 unspecified atom stereocenters. The van der Waals surface area contributed by atoms with Crippen molar-refractivity contribution >= 4 is 78.0 Å². The first kappa shape index (κ1) is 43.5. The molecule has 2 aliphatic heterocycles. The lowest BCUT2D eigenvalue weighted by atomic mass is 9.33. The summed E-state index contributed by atoms with van der Waals surface area (Å²) < 4.78 is 1.34. The maximum absolute atomic E-state index is 2.73. The second-order valence-electron chi connectivity index (χ2n) is 25.2. The molecule has 2 aliphatic carbocycles. The van der Waals surface area contributed by atoms with Crippen LogP contribution in [0.3, 0.4) is 0 Å². The summed E-state index contributed by atoms with van der Waals surface area (Å²) in [5.74, 6) is 0. The maximum atomic E-state index is 2.73. The minimum absolute atomic E-state index is 0.00646. The number of hydrogen-bond acceptors (Lipinski definition) is 3. The van der Waals surface area contributed by atoms with Crippen molar-refractivity contribution < 1.29 is 0 Å². The monoisotopic (exact) mass is 885 g/mol. The van der Waals surface area contributed by atoms with Crippen molar-refractivity contribution in [1.82, 2.24) is 0 Å². The zero-order valence-corrected chi connectivity index (χ0v) is 43.0. The molecule has 2 nitrogen and oxygen atoms in total. The van der Waals surface area contributed by atoms with Gasteiger partial charge in [0, 0.05) is 33.0 Å². The van der Waals surface area contributed by atoms with Crippen molar-refractivity contribution in [3.8, 4) is 11.1 Å². The van der Waals surface area contributed by atoms with E-state index in [0.29, 0.717) is 0 Å². The Morgan fingerprint density at radius 1 is 0.470 bits per heavy atom. The van der Waals surface area contributed by atoms with Crippen LogP contribution in [0.25, 0.3) is 21.2 Å². The van der Waals surface area contributed by atoms with Crippen molar-refractivity contribution in [3.05, 3.63) is 149 Å². The molecule has 0 spiro atoms. The van der Waals surface area contributed by atoms with E-state index in [1.807, 2.05) is 11.3 Å². The van der Waals surface area contributed by atoms with E-state index < -0.39 is 0 Å². The van der Waals surface area contributed by atoms with Crippen LogP contribution in [0, 0.1) is 0 Å². The van der Waals surface area contributed by atoms with Crippen molar-refractivity contribution in [2.24, 2.45) is 0 Å². The van der Waals surface area contributed by atoms with Gasteiger partial charge in [0.05, 0.1) is 10.7 Å². The fourth-order valence-corrected chi connectivity index (χ4v) is 13.5. The number of benzene rings is 6. The van der Waals surface area contributed by atoms with Crippen molar-refractivity contribution in [2.75, 3.05) is 9.80 Å². The van der Waals surface area contributed by atoms with Gasteiger partial charge in [0.25, 0.3) is 6.71 Å². The molecule has 6 aromatic carbocycles. The molecule has 0 amide bonds. The van der Waals surface area contributed by atoms with E-state index in [4.69, 9.17) is 0 Å². The number of nitrogens with zero attached hydrogens (tertiary/aromatic N) is 2. The van der Waals surface area contributed by atoms with E-state index in [2.05, 4.69) is 222 Å². The number of anilines is 6. The van der Waals surface area contributed by atoms with Gasteiger partial charge in [0.15, 0.2) is 0 Å². The van der Waals surface area contributed by atoms with Crippen LogP contribution in [0.2, 0.25) is 0 Å². The Hall–Kier alpha value is -5.06. The summed E-state index contributed by atoms with van der Waals surface area (Å²) in [5, 5.41) is 2.70. The van der Waals surface area contributed by atoms with Crippen molar-refractivity contribution in [1.29, 1.82) is 0 Å². The van der Waals surface area contributed by atoms with Crippen LogP contribution in [0.1, 0.15) is 156 Å². The third kappa shape index (κ3) is 6.54. The number of thiophene rings is 1. The topological polar surface area (TPSA) is 6.48 Å². The SMILES string of the molecule is CC(C)(C)c1ccc(N2c3cc(C(C)(C)C)cc4c3B(c3cc5c(cc3N4c3ccc4c(c3)C(C)(C)CCC4(C)C)C(C)(C)CCC5(C)C)c3c2sc2ccccc32)c(-c2ccccc2)c1. The van der Waals surface area contributed by atoms with E-state index in [9.17, 15) is 0 Å².